The summed E-state index contributed by atoms with van der Waals surface area (Å²) in [6.45, 7) is 4.22. The maximum atomic E-state index is 12.1. The zero-order valence-corrected chi connectivity index (χ0v) is 10.7. The fourth-order valence-electron chi connectivity index (χ4n) is 2.90. The minimum absolute atomic E-state index is 0.120. The molecule has 3 atom stereocenters. The molecule has 0 spiro atoms. The van der Waals surface area contributed by atoms with Crippen LogP contribution in [0, 0.1) is 5.92 Å². The number of nitrogens with one attached hydrogen (secondary N) is 2. The molecule has 1 aliphatic carbocycles. The van der Waals surface area contributed by atoms with Gasteiger partial charge in [-0.05, 0) is 18.8 Å². The third-order valence-corrected chi connectivity index (χ3v) is 4.00. The second-order valence-electron chi connectivity index (χ2n) is 5.15. The highest BCUT2D eigenvalue weighted by Crippen LogP contribution is 2.26. The van der Waals surface area contributed by atoms with Gasteiger partial charge in [0.1, 0.15) is 6.04 Å². The molecule has 1 heterocycles. The quantitative estimate of drug-likeness (QED) is 0.775. The van der Waals surface area contributed by atoms with Gasteiger partial charge in [0.25, 0.3) is 0 Å². The van der Waals surface area contributed by atoms with Crippen molar-refractivity contribution >= 4 is 5.91 Å². The Kier molecular flexibility index (Phi) is 4.80. The number of hydrogen-bond acceptors (Lipinski definition) is 3. The predicted octanol–water partition coefficient (Wildman–Crippen LogP) is 1.06. The molecule has 1 saturated carbocycles. The van der Waals surface area contributed by atoms with Gasteiger partial charge in [0.2, 0.25) is 5.91 Å². The molecule has 3 unspecified atom stereocenters. The fourth-order valence-corrected chi connectivity index (χ4v) is 2.90. The molecule has 0 aromatic rings. The third kappa shape index (κ3) is 3.42. The Hall–Kier alpha value is -0.610. The molecule has 1 amide bonds. The molecule has 98 valence electrons. The van der Waals surface area contributed by atoms with Gasteiger partial charge in [0.05, 0.1) is 13.2 Å². The van der Waals surface area contributed by atoms with Crippen LogP contribution in [0.3, 0.4) is 0 Å². The van der Waals surface area contributed by atoms with E-state index in [1.165, 1.54) is 25.7 Å². The SMILES string of the molecule is CCC1CCCCC1NC(=O)C1COCCN1. The second-order valence-corrected chi connectivity index (χ2v) is 5.15. The lowest BCUT2D eigenvalue weighted by Gasteiger charge is -2.33. The summed E-state index contributed by atoms with van der Waals surface area (Å²) in [4.78, 5) is 12.1. The first-order chi connectivity index (χ1) is 8.31. The van der Waals surface area contributed by atoms with Crippen molar-refractivity contribution in [2.24, 2.45) is 5.92 Å². The van der Waals surface area contributed by atoms with Crippen molar-refractivity contribution in [1.82, 2.24) is 10.6 Å². The van der Waals surface area contributed by atoms with Crippen LogP contribution >= 0.6 is 0 Å². The number of hydrogen-bond donors (Lipinski definition) is 2. The van der Waals surface area contributed by atoms with E-state index in [0.717, 1.165) is 13.0 Å². The number of carbonyl (C=O) groups excluding carboxylic acids is 1. The Morgan fingerprint density at radius 1 is 1.41 bits per heavy atom. The summed E-state index contributed by atoms with van der Waals surface area (Å²) in [5, 5.41) is 6.41. The lowest BCUT2D eigenvalue weighted by molar-refractivity contribution is -0.127. The van der Waals surface area contributed by atoms with Gasteiger partial charge in [-0.2, -0.15) is 0 Å². The first-order valence-corrected chi connectivity index (χ1v) is 6.92. The van der Waals surface area contributed by atoms with Crippen molar-refractivity contribution in [3.05, 3.63) is 0 Å². The van der Waals surface area contributed by atoms with Crippen LogP contribution in [-0.2, 0) is 9.53 Å². The van der Waals surface area contributed by atoms with Crippen LogP contribution in [0.4, 0.5) is 0 Å². The van der Waals surface area contributed by atoms with E-state index >= 15 is 0 Å². The van der Waals surface area contributed by atoms with E-state index in [2.05, 4.69) is 17.6 Å². The van der Waals surface area contributed by atoms with Crippen LogP contribution in [0.1, 0.15) is 39.0 Å². The Morgan fingerprint density at radius 3 is 2.94 bits per heavy atom. The Morgan fingerprint density at radius 2 is 2.24 bits per heavy atom. The van der Waals surface area contributed by atoms with Gasteiger partial charge in [-0.3, -0.25) is 4.79 Å². The highest BCUT2D eigenvalue weighted by atomic mass is 16.5. The summed E-state index contributed by atoms with van der Waals surface area (Å²) < 4.78 is 5.32. The summed E-state index contributed by atoms with van der Waals surface area (Å²) in [5.74, 6) is 0.784. The van der Waals surface area contributed by atoms with Crippen LogP contribution in [-0.4, -0.2) is 37.7 Å². The van der Waals surface area contributed by atoms with E-state index in [1.54, 1.807) is 0 Å². The number of amides is 1. The molecule has 2 fully saturated rings. The average Bonchev–Trinajstić information content (AvgIpc) is 2.40. The number of carbonyl (C=O) groups is 1. The molecule has 2 N–H and O–H groups in total. The Balaban J connectivity index is 1.83. The molecule has 1 saturated heterocycles. The second kappa shape index (κ2) is 6.36. The molecule has 4 heteroatoms. The maximum Gasteiger partial charge on any atom is 0.239 e. The number of ether oxygens (including phenoxy) is 1. The number of rotatable bonds is 3. The predicted molar refractivity (Wildman–Crippen MR) is 66.8 cm³/mol. The molecule has 0 aromatic carbocycles. The highest BCUT2D eigenvalue weighted by Gasteiger charge is 2.28. The van der Waals surface area contributed by atoms with Gasteiger partial charge in [-0.1, -0.05) is 26.2 Å². The minimum Gasteiger partial charge on any atom is -0.378 e. The standard InChI is InChI=1S/C13H24N2O2/c1-2-10-5-3-4-6-11(10)15-13(16)12-9-17-8-7-14-12/h10-12,14H,2-9H2,1H3,(H,15,16). The normalized spacial score (nSPS) is 34.3. The zero-order chi connectivity index (χ0) is 12.1. The van der Waals surface area contributed by atoms with Crippen LogP contribution in [0.2, 0.25) is 0 Å². The molecule has 0 radical (unpaired) electrons. The summed E-state index contributed by atoms with van der Waals surface area (Å²) in [7, 11) is 0. The number of morpholine rings is 1. The lowest BCUT2D eigenvalue weighted by atomic mass is 9.83. The monoisotopic (exact) mass is 240 g/mol. The van der Waals surface area contributed by atoms with E-state index in [9.17, 15) is 4.79 Å². The van der Waals surface area contributed by atoms with Gasteiger partial charge in [0.15, 0.2) is 0 Å². The average molecular weight is 240 g/mol. The van der Waals surface area contributed by atoms with E-state index in [4.69, 9.17) is 4.74 Å². The molecule has 1 aliphatic heterocycles. The molecule has 2 rings (SSSR count). The van der Waals surface area contributed by atoms with Crippen LogP contribution < -0.4 is 10.6 Å². The first kappa shape index (κ1) is 12.8. The van der Waals surface area contributed by atoms with Crippen LogP contribution in [0.15, 0.2) is 0 Å². The highest BCUT2D eigenvalue weighted by molar-refractivity contribution is 5.82. The van der Waals surface area contributed by atoms with Crippen molar-refractivity contribution in [3.8, 4) is 0 Å². The third-order valence-electron chi connectivity index (χ3n) is 4.00. The molecular weight excluding hydrogens is 216 g/mol. The summed E-state index contributed by atoms with van der Waals surface area (Å²) in [6, 6.07) is 0.230. The van der Waals surface area contributed by atoms with Crippen LogP contribution in [0.25, 0.3) is 0 Å². The maximum absolute atomic E-state index is 12.1. The molecule has 0 bridgehead atoms. The smallest absolute Gasteiger partial charge is 0.239 e. The summed E-state index contributed by atoms with van der Waals surface area (Å²) in [6.07, 6.45) is 6.12. The van der Waals surface area contributed by atoms with E-state index in [1.807, 2.05) is 0 Å². The van der Waals surface area contributed by atoms with Crippen molar-refractivity contribution in [3.63, 3.8) is 0 Å². The molecule has 2 aliphatic rings. The largest absolute Gasteiger partial charge is 0.378 e. The van der Waals surface area contributed by atoms with Crippen molar-refractivity contribution in [2.45, 2.75) is 51.1 Å². The zero-order valence-electron chi connectivity index (χ0n) is 10.7. The lowest BCUT2D eigenvalue weighted by Crippen LogP contribution is -2.54. The van der Waals surface area contributed by atoms with Crippen molar-refractivity contribution in [1.29, 1.82) is 0 Å². The molecule has 4 nitrogen and oxygen atoms in total. The molecule has 0 aromatic heterocycles. The minimum atomic E-state index is -0.150. The van der Waals surface area contributed by atoms with Gasteiger partial charge in [0, 0.05) is 12.6 Å². The van der Waals surface area contributed by atoms with Gasteiger partial charge < -0.3 is 15.4 Å². The fraction of sp³-hybridized carbons (Fsp3) is 0.923. The van der Waals surface area contributed by atoms with Crippen LogP contribution in [0.5, 0.6) is 0 Å². The topological polar surface area (TPSA) is 50.4 Å². The first-order valence-electron chi connectivity index (χ1n) is 6.92. The van der Waals surface area contributed by atoms with Crippen molar-refractivity contribution in [2.75, 3.05) is 19.8 Å². The Bertz CT molecular complexity index is 252. The van der Waals surface area contributed by atoms with Gasteiger partial charge in [-0.25, -0.2) is 0 Å². The molecular formula is C13H24N2O2. The van der Waals surface area contributed by atoms with E-state index in [0.29, 0.717) is 25.2 Å². The van der Waals surface area contributed by atoms with Gasteiger partial charge in [-0.15, -0.1) is 0 Å². The van der Waals surface area contributed by atoms with E-state index in [-0.39, 0.29) is 11.9 Å². The van der Waals surface area contributed by atoms with Crippen molar-refractivity contribution < 1.29 is 9.53 Å². The summed E-state index contributed by atoms with van der Waals surface area (Å²) >= 11 is 0. The van der Waals surface area contributed by atoms with Gasteiger partial charge >= 0.3 is 0 Å². The Labute approximate surface area is 103 Å². The summed E-state index contributed by atoms with van der Waals surface area (Å²) in [5.41, 5.74) is 0. The molecule has 17 heavy (non-hydrogen) atoms. The van der Waals surface area contributed by atoms with E-state index < -0.39 is 0 Å².